The van der Waals surface area contributed by atoms with Crippen molar-refractivity contribution in [1.29, 1.82) is 0 Å². The van der Waals surface area contributed by atoms with E-state index >= 15 is 0 Å². The fourth-order valence-electron chi connectivity index (χ4n) is 2.60. The van der Waals surface area contributed by atoms with Crippen molar-refractivity contribution in [3.8, 4) is 0 Å². The van der Waals surface area contributed by atoms with E-state index in [2.05, 4.69) is 14.9 Å². The van der Waals surface area contributed by atoms with Gasteiger partial charge in [0.15, 0.2) is 5.82 Å². The predicted octanol–water partition coefficient (Wildman–Crippen LogP) is 1.00. The first-order valence-electron chi connectivity index (χ1n) is 6.97. The summed E-state index contributed by atoms with van der Waals surface area (Å²) in [5, 5.41) is 8.23. The molecule has 1 aliphatic heterocycles. The third-order valence-corrected chi connectivity index (χ3v) is 5.36. The van der Waals surface area contributed by atoms with Gasteiger partial charge in [-0.15, -0.1) is 10.2 Å². The molecule has 1 saturated carbocycles. The highest BCUT2D eigenvalue weighted by Crippen LogP contribution is 2.32. The average molecular weight is 284 g/mol. The summed E-state index contributed by atoms with van der Waals surface area (Å²) in [5.41, 5.74) is 0. The van der Waals surface area contributed by atoms with E-state index in [4.69, 9.17) is 0 Å². The van der Waals surface area contributed by atoms with Gasteiger partial charge >= 0.3 is 0 Å². The van der Waals surface area contributed by atoms with Crippen molar-refractivity contribution in [1.82, 2.24) is 19.5 Å². The molecule has 1 aromatic rings. The van der Waals surface area contributed by atoms with Gasteiger partial charge in [-0.25, -0.2) is 13.1 Å². The van der Waals surface area contributed by atoms with E-state index in [1.807, 2.05) is 11.5 Å². The minimum absolute atomic E-state index is 0.225. The summed E-state index contributed by atoms with van der Waals surface area (Å²) in [6.45, 7) is 2.73. The van der Waals surface area contributed by atoms with Gasteiger partial charge in [-0.1, -0.05) is 12.8 Å². The Morgan fingerprint density at radius 3 is 2.95 bits per heavy atom. The highest BCUT2D eigenvalue weighted by Gasteiger charge is 2.27. The molecule has 3 rings (SSSR count). The van der Waals surface area contributed by atoms with Crippen molar-refractivity contribution in [3.63, 3.8) is 0 Å². The molecule has 19 heavy (non-hydrogen) atoms. The largest absolute Gasteiger partial charge is 0.314 e. The zero-order valence-electron chi connectivity index (χ0n) is 11.2. The van der Waals surface area contributed by atoms with Crippen LogP contribution in [0.15, 0.2) is 0 Å². The van der Waals surface area contributed by atoms with Crippen LogP contribution in [0.3, 0.4) is 0 Å². The number of sulfonamides is 1. The molecule has 0 aromatic carbocycles. The molecule has 0 spiro atoms. The van der Waals surface area contributed by atoms with E-state index in [-0.39, 0.29) is 11.8 Å². The van der Waals surface area contributed by atoms with Crippen molar-refractivity contribution in [2.24, 2.45) is 5.92 Å². The van der Waals surface area contributed by atoms with Crippen LogP contribution in [0.1, 0.15) is 50.3 Å². The van der Waals surface area contributed by atoms with Gasteiger partial charge < -0.3 is 4.57 Å². The SMILES string of the molecule is CC(NS(=O)(=O)CCC1CC1)c1nnc2n1CCC2. The van der Waals surface area contributed by atoms with Crippen LogP contribution in [0.25, 0.3) is 0 Å². The number of nitrogens with one attached hydrogen (secondary N) is 1. The topological polar surface area (TPSA) is 76.9 Å². The summed E-state index contributed by atoms with van der Waals surface area (Å²) in [6, 6.07) is -0.302. The Morgan fingerprint density at radius 2 is 2.21 bits per heavy atom. The van der Waals surface area contributed by atoms with Crippen molar-refractivity contribution < 1.29 is 8.42 Å². The Labute approximate surface area is 113 Å². The summed E-state index contributed by atoms with van der Waals surface area (Å²) in [7, 11) is -3.21. The molecule has 1 fully saturated rings. The first kappa shape index (κ1) is 13.1. The van der Waals surface area contributed by atoms with Crippen LogP contribution in [0.2, 0.25) is 0 Å². The van der Waals surface area contributed by atoms with Crippen LogP contribution in [0.5, 0.6) is 0 Å². The maximum absolute atomic E-state index is 12.0. The molecular weight excluding hydrogens is 264 g/mol. The van der Waals surface area contributed by atoms with Crippen molar-refractivity contribution in [2.75, 3.05) is 5.75 Å². The summed E-state index contributed by atoms with van der Waals surface area (Å²) < 4.78 is 28.8. The second-order valence-corrected chi connectivity index (χ2v) is 7.49. The first-order chi connectivity index (χ1) is 9.05. The van der Waals surface area contributed by atoms with Crippen LogP contribution in [0, 0.1) is 5.92 Å². The molecule has 1 aromatic heterocycles. The van der Waals surface area contributed by atoms with E-state index in [0.717, 1.165) is 37.5 Å². The molecule has 1 N–H and O–H groups in total. The lowest BCUT2D eigenvalue weighted by atomic mass is 10.3. The standard InChI is InChI=1S/C12H20N4O2S/c1-9(12-14-13-11-3-2-7-16(11)12)15-19(17,18)8-6-10-4-5-10/h9-10,15H,2-8H2,1H3. The van der Waals surface area contributed by atoms with Crippen molar-refractivity contribution >= 4 is 10.0 Å². The molecule has 6 nitrogen and oxygen atoms in total. The Morgan fingerprint density at radius 1 is 1.42 bits per heavy atom. The summed E-state index contributed by atoms with van der Waals surface area (Å²) in [6.07, 6.45) is 5.15. The molecular formula is C12H20N4O2S. The minimum atomic E-state index is -3.21. The lowest BCUT2D eigenvalue weighted by Gasteiger charge is -2.14. The highest BCUT2D eigenvalue weighted by atomic mass is 32.2. The third kappa shape index (κ3) is 2.97. The number of aryl methyl sites for hydroxylation is 1. The zero-order chi connectivity index (χ0) is 13.5. The van der Waals surface area contributed by atoms with Gasteiger partial charge in [-0.05, 0) is 25.7 Å². The first-order valence-corrected chi connectivity index (χ1v) is 8.62. The van der Waals surface area contributed by atoms with E-state index in [9.17, 15) is 8.42 Å². The number of aromatic nitrogens is 3. The molecule has 0 saturated heterocycles. The molecule has 0 radical (unpaired) electrons. The Bertz CT molecular complexity index is 562. The predicted molar refractivity (Wildman–Crippen MR) is 71.0 cm³/mol. The maximum Gasteiger partial charge on any atom is 0.212 e. The van der Waals surface area contributed by atoms with Gasteiger partial charge in [0, 0.05) is 13.0 Å². The van der Waals surface area contributed by atoms with Crippen LogP contribution in [-0.4, -0.2) is 28.9 Å². The highest BCUT2D eigenvalue weighted by molar-refractivity contribution is 7.89. The van der Waals surface area contributed by atoms with Gasteiger partial charge in [0.05, 0.1) is 11.8 Å². The van der Waals surface area contributed by atoms with E-state index in [1.165, 1.54) is 12.8 Å². The van der Waals surface area contributed by atoms with Crippen LogP contribution < -0.4 is 4.72 Å². The molecule has 1 aliphatic carbocycles. The molecule has 2 aliphatic rings. The zero-order valence-corrected chi connectivity index (χ0v) is 12.0. The third-order valence-electron chi connectivity index (χ3n) is 3.87. The van der Waals surface area contributed by atoms with Gasteiger partial charge in [-0.2, -0.15) is 0 Å². The fourth-order valence-corrected chi connectivity index (χ4v) is 4.01. The smallest absolute Gasteiger partial charge is 0.212 e. The quantitative estimate of drug-likeness (QED) is 0.845. The Kier molecular flexibility index (Phi) is 3.34. The number of fused-ring (bicyclic) bond motifs is 1. The van der Waals surface area contributed by atoms with E-state index in [0.29, 0.717) is 5.92 Å². The second kappa shape index (κ2) is 4.86. The van der Waals surface area contributed by atoms with Gasteiger partial charge in [-0.3, -0.25) is 0 Å². The van der Waals surface area contributed by atoms with Crippen molar-refractivity contribution in [2.45, 2.75) is 51.6 Å². The Hall–Kier alpha value is -0.950. The summed E-state index contributed by atoms with van der Waals surface area (Å²) >= 11 is 0. The minimum Gasteiger partial charge on any atom is -0.314 e. The molecule has 2 heterocycles. The lowest BCUT2D eigenvalue weighted by molar-refractivity contribution is 0.542. The number of hydrogen-bond donors (Lipinski definition) is 1. The monoisotopic (exact) mass is 284 g/mol. The van der Waals surface area contributed by atoms with E-state index < -0.39 is 10.0 Å². The lowest BCUT2D eigenvalue weighted by Crippen LogP contribution is -2.31. The van der Waals surface area contributed by atoms with Gasteiger partial charge in [0.1, 0.15) is 5.82 Å². The number of rotatable bonds is 6. The number of hydrogen-bond acceptors (Lipinski definition) is 4. The summed E-state index contributed by atoms with van der Waals surface area (Å²) in [5.74, 6) is 2.56. The van der Waals surface area contributed by atoms with Gasteiger partial charge in [0.25, 0.3) is 0 Å². The molecule has 106 valence electrons. The number of nitrogens with zero attached hydrogens (tertiary/aromatic N) is 3. The Balaban J connectivity index is 1.64. The molecule has 1 atom stereocenters. The van der Waals surface area contributed by atoms with Crippen LogP contribution >= 0.6 is 0 Å². The van der Waals surface area contributed by atoms with Gasteiger partial charge in [0.2, 0.25) is 10.0 Å². The fraction of sp³-hybridized carbons (Fsp3) is 0.833. The molecule has 0 bridgehead atoms. The molecule has 7 heteroatoms. The average Bonchev–Trinajstić information content (AvgIpc) is 2.89. The molecule has 1 unspecified atom stereocenters. The van der Waals surface area contributed by atoms with E-state index in [1.54, 1.807) is 0 Å². The maximum atomic E-state index is 12.0. The van der Waals surface area contributed by atoms with Crippen LogP contribution in [-0.2, 0) is 23.0 Å². The summed E-state index contributed by atoms with van der Waals surface area (Å²) in [4.78, 5) is 0. The van der Waals surface area contributed by atoms with Crippen molar-refractivity contribution in [3.05, 3.63) is 11.6 Å². The van der Waals surface area contributed by atoms with Crippen LogP contribution in [0.4, 0.5) is 0 Å². The second-order valence-electron chi connectivity index (χ2n) is 5.62. The molecule has 0 amide bonds. The normalized spacial score (nSPS) is 20.5.